The Kier molecular flexibility index (Phi) is 6.30. The fraction of sp³-hybridized carbons (Fsp3) is 0.172. The van der Waals surface area contributed by atoms with Gasteiger partial charge in [-0.2, -0.15) is 5.10 Å². The fourth-order valence-electron chi connectivity index (χ4n) is 5.17. The topological polar surface area (TPSA) is 100 Å². The largest absolute Gasteiger partial charge is 0.494 e. The molecular weight excluding hydrogens is 534 g/mol. The number of hydrogen-bond acceptors (Lipinski definition) is 7. The van der Waals surface area contributed by atoms with Gasteiger partial charge in [-0.15, -0.1) is 11.3 Å². The van der Waals surface area contributed by atoms with Crippen LogP contribution in [0.15, 0.2) is 65.0 Å². The van der Waals surface area contributed by atoms with Crippen LogP contribution in [0.25, 0.3) is 38.2 Å². The minimum atomic E-state index is -0.551. The minimum absolute atomic E-state index is 0.0999. The monoisotopic (exact) mass is 558 g/mol. The van der Waals surface area contributed by atoms with Gasteiger partial charge in [-0.05, 0) is 60.9 Å². The first-order valence-electron chi connectivity index (χ1n) is 12.5. The Labute approximate surface area is 231 Å². The first kappa shape index (κ1) is 25.6. The molecular formula is C29H24F2N6O2S. The van der Waals surface area contributed by atoms with Crippen molar-refractivity contribution in [1.82, 2.24) is 24.1 Å². The number of methoxy groups -OCH3 is 1. The van der Waals surface area contributed by atoms with E-state index >= 15 is 0 Å². The first-order valence-corrected chi connectivity index (χ1v) is 13.4. The molecule has 0 aliphatic heterocycles. The molecule has 4 heterocycles. The number of nitrogens with two attached hydrogens (primary N) is 1. The first-order chi connectivity index (χ1) is 19.3. The second-order valence-corrected chi connectivity index (χ2v) is 10.3. The number of ether oxygens (including phenoxy) is 1. The van der Waals surface area contributed by atoms with Gasteiger partial charge in [0.2, 0.25) is 0 Å². The summed E-state index contributed by atoms with van der Waals surface area (Å²) in [5.41, 5.74) is 9.62. The number of aromatic nitrogens is 5. The maximum absolute atomic E-state index is 14.7. The van der Waals surface area contributed by atoms with Gasteiger partial charge >= 0.3 is 0 Å². The number of hydrogen-bond donors (Lipinski definition) is 1. The smallest absolute Gasteiger partial charge is 0.264 e. The van der Waals surface area contributed by atoms with Crippen molar-refractivity contribution in [2.45, 2.75) is 26.3 Å². The van der Waals surface area contributed by atoms with Crippen molar-refractivity contribution in [3.8, 4) is 28.1 Å². The number of fused-ring (bicyclic) bond motifs is 2. The SMILES string of the molecule is CC[C@@H](c1cc2scc(C)n2c(=O)c1-c1cccc(F)c1)n1nc(-c2ccc(OC)c(F)c2)c2c(N)ncnc21. The van der Waals surface area contributed by atoms with Crippen LogP contribution in [0.1, 0.15) is 30.6 Å². The van der Waals surface area contributed by atoms with Gasteiger partial charge in [0, 0.05) is 16.6 Å². The summed E-state index contributed by atoms with van der Waals surface area (Å²) in [5.74, 6) is -0.711. The molecule has 4 aromatic heterocycles. The molecule has 2 N–H and O–H groups in total. The van der Waals surface area contributed by atoms with Crippen LogP contribution in [0.3, 0.4) is 0 Å². The summed E-state index contributed by atoms with van der Waals surface area (Å²) >= 11 is 1.45. The number of aryl methyl sites for hydroxylation is 1. The lowest BCUT2D eigenvalue weighted by Crippen LogP contribution is -2.22. The van der Waals surface area contributed by atoms with Crippen LogP contribution in [0, 0.1) is 18.6 Å². The van der Waals surface area contributed by atoms with Crippen LogP contribution >= 0.6 is 11.3 Å². The predicted molar refractivity (Wildman–Crippen MR) is 152 cm³/mol. The Bertz CT molecular complexity index is 1980. The van der Waals surface area contributed by atoms with Crippen molar-refractivity contribution in [2.75, 3.05) is 12.8 Å². The van der Waals surface area contributed by atoms with Crippen molar-refractivity contribution in [3.63, 3.8) is 0 Å². The van der Waals surface area contributed by atoms with E-state index in [2.05, 4.69) is 9.97 Å². The zero-order valence-corrected chi connectivity index (χ0v) is 22.7. The lowest BCUT2D eigenvalue weighted by Gasteiger charge is -2.21. The molecule has 0 spiro atoms. The molecule has 1 atom stereocenters. The minimum Gasteiger partial charge on any atom is -0.494 e. The third-order valence-corrected chi connectivity index (χ3v) is 8.01. The van der Waals surface area contributed by atoms with E-state index in [1.54, 1.807) is 27.3 Å². The summed E-state index contributed by atoms with van der Waals surface area (Å²) in [6.45, 7) is 3.82. The van der Waals surface area contributed by atoms with Crippen molar-refractivity contribution in [3.05, 3.63) is 93.5 Å². The quantitative estimate of drug-likeness (QED) is 0.269. The van der Waals surface area contributed by atoms with Crippen LogP contribution < -0.4 is 16.0 Å². The molecule has 40 heavy (non-hydrogen) atoms. The zero-order valence-electron chi connectivity index (χ0n) is 21.9. The molecule has 6 aromatic rings. The van der Waals surface area contributed by atoms with E-state index in [0.717, 1.165) is 10.5 Å². The summed E-state index contributed by atoms with van der Waals surface area (Å²) in [4.78, 5) is 23.4. The summed E-state index contributed by atoms with van der Waals surface area (Å²) < 4.78 is 37.5. The van der Waals surface area contributed by atoms with Crippen LogP contribution in [-0.4, -0.2) is 31.3 Å². The van der Waals surface area contributed by atoms with E-state index < -0.39 is 17.7 Å². The standard InChI is InChI=1S/C29H24F2N6O2S/c1-4-21(19-12-23-36(15(2)13-40-23)29(38)24(19)16-6-5-7-18(30)10-16)37-28-25(27(32)33-14-34-28)26(35-37)17-8-9-22(39-3)20(31)11-17/h5-14,21H,4H2,1-3H3,(H2,32,33,34)/t21-/m0/s1. The molecule has 8 nitrogen and oxygen atoms in total. The highest BCUT2D eigenvalue weighted by Gasteiger charge is 2.27. The number of rotatable bonds is 6. The third kappa shape index (κ3) is 4.01. The van der Waals surface area contributed by atoms with Crippen molar-refractivity contribution in [1.29, 1.82) is 0 Å². The molecule has 6 rings (SSSR count). The Morgan fingerprint density at radius 2 is 1.93 bits per heavy atom. The summed E-state index contributed by atoms with van der Waals surface area (Å²) in [6.07, 6.45) is 1.86. The Balaban J connectivity index is 1.65. The molecule has 0 saturated carbocycles. The average molecular weight is 559 g/mol. The van der Waals surface area contributed by atoms with Gasteiger partial charge in [0.15, 0.2) is 17.2 Å². The number of thiazole rings is 1. The molecule has 202 valence electrons. The van der Waals surface area contributed by atoms with E-state index in [1.165, 1.54) is 49.0 Å². The molecule has 0 aliphatic rings. The highest BCUT2D eigenvalue weighted by molar-refractivity contribution is 7.15. The lowest BCUT2D eigenvalue weighted by molar-refractivity contribution is 0.386. The number of benzene rings is 2. The number of halogens is 2. The fourth-order valence-corrected chi connectivity index (χ4v) is 6.10. The van der Waals surface area contributed by atoms with Crippen LogP contribution in [0.2, 0.25) is 0 Å². The summed E-state index contributed by atoms with van der Waals surface area (Å²) in [5, 5.41) is 7.25. The molecule has 0 radical (unpaired) electrons. The molecule has 2 aromatic carbocycles. The third-order valence-electron chi connectivity index (χ3n) is 7.01. The van der Waals surface area contributed by atoms with Gasteiger partial charge in [0.25, 0.3) is 5.56 Å². The molecule has 0 aliphatic carbocycles. The van der Waals surface area contributed by atoms with Crippen molar-refractivity contribution < 1.29 is 13.5 Å². The molecule has 0 bridgehead atoms. The number of anilines is 1. The maximum Gasteiger partial charge on any atom is 0.264 e. The van der Waals surface area contributed by atoms with Gasteiger partial charge in [0.1, 0.15) is 28.5 Å². The normalized spacial score (nSPS) is 12.3. The van der Waals surface area contributed by atoms with Gasteiger partial charge in [-0.1, -0.05) is 19.1 Å². The van der Waals surface area contributed by atoms with Crippen molar-refractivity contribution in [2.24, 2.45) is 0 Å². The zero-order chi connectivity index (χ0) is 28.1. The van der Waals surface area contributed by atoms with Crippen LogP contribution in [-0.2, 0) is 0 Å². The Hall–Kier alpha value is -4.64. The number of nitrogens with zero attached hydrogens (tertiary/aromatic N) is 5. The van der Waals surface area contributed by atoms with E-state index in [4.69, 9.17) is 15.6 Å². The van der Waals surface area contributed by atoms with Crippen LogP contribution in [0.5, 0.6) is 5.75 Å². The van der Waals surface area contributed by atoms with Gasteiger partial charge in [0.05, 0.1) is 24.1 Å². The molecule has 0 amide bonds. The van der Waals surface area contributed by atoms with Gasteiger partial charge in [-0.25, -0.2) is 23.4 Å². The number of pyridine rings is 1. The summed E-state index contributed by atoms with van der Waals surface area (Å²) in [6, 6.07) is 12.0. The molecule has 0 fully saturated rings. The maximum atomic E-state index is 14.7. The van der Waals surface area contributed by atoms with E-state index in [9.17, 15) is 13.6 Å². The second-order valence-electron chi connectivity index (χ2n) is 9.36. The summed E-state index contributed by atoms with van der Waals surface area (Å²) in [7, 11) is 1.39. The van der Waals surface area contributed by atoms with Gasteiger partial charge in [-0.3, -0.25) is 9.20 Å². The molecule has 11 heteroatoms. The predicted octanol–water partition coefficient (Wildman–Crippen LogP) is 6.01. The van der Waals surface area contributed by atoms with E-state index in [1.807, 2.05) is 25.3 Å². The lowest BCUT2D eigenvalue weighted by atomic mass is 9.95. The van der Waals surface area contributed by atoms with E-state index in [-0.39, 0.29) is 17.1 Å². The van der Waals surface area contributed by atoms with E-state index in [0.29, 0.717) is 45.4 Å². The average Bonchev–Trinajstić information content (AvgIpc) is 3.51. The molecule has 0 unspecified atom stereocenters. The second kappa shape index (κ2) is 9.83. The van der Waals surface area contributed by atoms with Gasteiger partial charge < -0.3 is 10.5 Å². The van der Waals surface area contributed by atoms with Crippen molar-refractivity contribution >= 4 is 33.0 Å². The van der Waals surface area contributed by atoms with Crippen LogP contribution in [0.4, 0.5) is 14.6 Å². The Morgan fingerprint density at radius 1 is 1.10 bits per heavy atom. The number of nitrogen functional groups attached to an aromatic ring is 1. The molecule has 0 saturated heterocycles. The highest BCUT2D eigenvalue weighted by Crippen LogP contribution is 2.38. The Morgan fingerprint density at radius 3 is 2.65 bits per heavy atom. The highest BCUT2D eigenvalue weighted by atomic mass is 32.1.